The van der Waals surface area contributed by atoms with Crippen LogP contribution in [0.4, 0.5) is 0 Å². The van der Waals surface area contributed by atoms with E-state index in [0.29, 0.717) is 0 Å². The largest absolute Gasteiger partial charge is 0.320 e. The summed E-state index contributed by atoms with van der Waals surface area (Å²) >= 11 is 8.10. The number of nitrogens with zero attached hydrogens (tertiary/aromatic N) is 2. The van der Waals surface area contributed by atoms with Crippen molar-refractivity contribution in [2.45, 2.75) is 37.1 Å². The molecule has 0 amide bonds. The summed E-state index contributed by atoms with van der Waals surface area (Å²) in [6.07, 6.45) is 3.00. The minimum Gasteiger partial charge on any atom is -0.320 e. The normalized spacial score (nSPS) is 14.8. The van der Waals surface area contributed by atoms with Crippen LogP contribution in [0.2, 0.25) is 5.02 Å². The van der Waals surface area contributed by atoms with E-state index in [9.17, 15) is 0 Å². The molecule has 0 bridgehead atoms. The molecule has 1 aromatic heterocycles. The Morgan fingerprint density at radius 2 is 2.10 bits per heavy atom. The van der Waals surface area contributed by atoms with E-state index >= 15 is 0 Å². The smallest absolute Gasteiger partial charge is 0.188 e. The average Bonchev–Trinajstić information content (AvgIpc) is 2.82. The van der Waals surface area contributed by atoms with Crippen LogP contribution in [0.1, 0.15) is 29.4 Å². The summed E-state index contributed by atoms with van der Waals surface area (Å²) in [5.41, 5.74) is 4.08. The van der Waals surface area contributed by atoms with Gasteiger partial charge in [-0.15, -0.1) is 10.2 Å². The Morgan fingerprint density at radius 3 is 2.90 bits per heavy atom. The van der Waals surface area contributed by atoms with E-state index in [1.807, 2.05) is 6.07 Å². The Labute approximate surface area is 134 Å². The van der Waals surface area contributed by atoms with Crippen molar-refractivity contribution in [2.75, 3.05) is 13.1 Å². The van der Waals surface area contributed by atoms with Crippen LogP contribution in [0.5, 0.6) is 0 Å². The maximum Gasteiger partial charge on any atom is 0.188 e. The lowest BCUT2D eigenvalue weighted by Crippen LogP contribution is -2.16. The second-order valence-electron chi connectivity index (χ2n) is 5.13. The van der Waals surface area contributed by atoms with Crippen LogP contribution in [0.15, 0.2) is 17.3 Å². The van der Waals surface area contributed by atoms with Crippen LogP contribution in [-0.2, 0) is 25.0 Å². The Kier molecular flexibility index (Phi) is 4.83. The fourth-order valence-corrected chi connectivity index (χ4v) is 3.84. The zero-order chi connectivity index (χ0) is 14.7. The highest BCUT2D eigenvalue weighted by Crippen LogP contribution is 2.30. The topological polar surface area (TPSA) is 53.6 Å². The molecule has 0 unspecified atom stereocenters. The van der Waals surface area contributed by atoms with Crippen molar-refractivity contribution >= 4 is 23.4 Å². The molecule has 0 atom stereocenters. The molecule has 112 valence electrons. The molecule has 21 heavy (non-hydrogen) atoms. The Morgan fingerprint density at radius 1 is 1.24 bits per heavy atom. The summed E-state index contributed by atoms with van der Waals surface area (Å²) < 4.78 is 0. The van der Waals surface area contributed by atoms with Gasteiger partial charge >= 0.3 is 0 Å². The number of hydrogen-bond donors (Lipinski definition) is 2. The van der Waals surface area contributed by atoms with E-state index < -0.39 is 0 Å². The number of rotatable bonds is 4. The quantitative estimate of drug-likeness (QED) is 0.850. The molecule has 0 saturated heterocycles. The molecule has 0 saturated carbocycles. The van der Waals surface area contributed by atoms with Gasteiger partial charge in [-0.3, -0.25) is 0 Å². The lowest BCUT2D eigenvalue weighted by atomic mass is 9.98. The number of H-pyrrole nitrogens is 1. The van der Waals surface area contributed by atoms with Gasteiger partial charge in [0.1, 0.15) is 5.82 Å². The number of halogens is 1. The maximum absolute atomic E-state index is 6.43. The number of aromatic amines is 1. The molecule has 0 fully saturated rings. The number of nitrogens with one attached hydrogen (secondary N) is 2. The molecule has 1 aromatic carbocycles. The van der Waals surface area contributed by atoms with Crippen molar-refractivity contribution in [1.82, 2.24) is 20.5 Å². The number of aromatic nitrogens is 3. The van der Waals surface area contributed by atoms with E-state index in [2.05, 4.69) is 33.5 Å². The van der Waals surface area contributed by atoms with Crippen molar-refractivity contribution in [3.05, 3.63) is 39.7 Å². The fraction of sp³-hybridized carbons (Fsp3) is 0.467. The molecule has 2 N–H and O–H groups in total. The van der Waals surface area contributed by atoms with Crippen LogP contribution >= 0.6 is 23.4 Å². The van der Waals surface area contributed by atoms with E-state index in [1.54, 1.807) is 11.8 Å². The van der Waals surface area contributed by atoms with Gasteiger partial charge in [0, 0.05) is 17.2 Å². The third kappa shape index (κ3) is 3.42. The van der Waals surface area contributed by atoms with Gasteiger partial charge in [0.05, 0.1) is 0 Å². The second kappa shape index (κ2) is 6.81. The Balaban J connectivity index is 1.81. The van der Waals surface area contributed by atoms with E-state index in [0.717, 1.165) is 54.1 Å². The number of aryl methyl sites for hydroxylation is 1. The van der Waals surface area contributed by atoms with Crippen molar-refractivity contribution in [2.24, 2.45) is 0 Å². The predicted molar refractivity (Wildman–Crippen MR) is 87.1 cm³/mol. The molecule has 3 rings (SSSR count). The minimum atomic E-state index is 0.834. The number of thioether (sulfide) groups is 1. The summed E-state index contributed by atoms with van der Waals surface area (Å²) in [6, 6.07) is 4.20. The van der Waals surface area contributed by atoms with Crippen LogP contribution in [0.3, 0.4) is 0 Å². The first kappa shape index (κ1) is 14.9. The lowest BCUT2D eigenvalue weighted by Gasteiger charge is -2.13. The van der Waals surface area contributed by atoms with Gasteiger partial charge in [0.25, 0.3) is 0 Å². The fourth-order valence-electron chi connectivity index (χ4n) is 2.62. The first-order valence-corrected chi connectivity index (χ1v) is 8.68. The molecule has 0 spiro atoms. The first-order chi connectivity index (χ1) is 10.3. The highest BCUT2D eigenvalue weighted by atomic mass is 35.5. The molecule has 0 radical (unpaired) electrons. The monoisotopic (exact) mass is 322 g/mol. The van der Waals surface area contributed by atoms with Crippen LogP contribution in [0, 0.1) is 0 Å². The summed E-state index contributed by atoms with van der Waals surface area (Å²) in [5, 5.41) is 13.4. The zero-order valence-electron chi connectivity index (χ0n) is 12.1. The van der Waals surface area contributed by atoms with Gasteiger partial charge in [-0.25, -0.2) is 0 Å². The summed E-state index contributed by atoms with van der Waals surface area (Å²) in [6.45, 7) is 4.13. The predicted octanol–water partition coefficient (Wildman–Crippen LogP) is 3.00. The molecule has 1 aliphatic heterocycles. The highest BCUT2D eigenvalue weighted by Gasteiger charge is 2.15. The van der Waals surface area contributed by atoms with Gasteiger partial charge in [0.15, 0.2) is 5.16 Å². The van der Waals surface area contributed by atoms with Crippen LogP contribution < -0.4 is 5.32 Å². The van der Waals surface area contributed by atoms with Gasteiger partial charge in [-0.05, 0) is 48.7 Å². The van der Waals surface area contributed by atoms with E-state index in [1.165, 1.54) is 16.7 Å². The van der Waals surface area contributed by atoms with Crippen molar-refractivity contribution in [3.63, 3.8) is 0 Å². The molecule has 4 nitrogen and oxygen atoms in total. The van der Waals surface area contributed by atoms with Crippen molar-refractivity contribution < 1.29 is 0 Å². The third-order valence-corrected chi connectivity index (χ3v) is 5.04. The summed E-state index contributed by atoms with van der Waals surface area (Å²) in [7, 11) is 0. The third-order valence-electron chi connectivity index (χ3n) is 3.79. The van der Waals surface area contributed by atoms with Crippen molar-refractivity contribution in [3.8, 4) is 0 Å². The summed E-state index contributed by atoms with van der Waals surface area (Å²) in [5.74, 6) is 1.76. The molecular formula is C15H19ClN4S. The number of fused-ring (bicyclic) bond motifs is 1. The molecular weight excluding hydrogens is 304 g/mol. The molecule has 1 aliphatic rings. The van der Waals surface area contributed by atoms with Crippen LogP contribution in [-0.4, -0.2) is 28.3 Å². The van der Waals surface area contributed by atoms with Gasteiger partial charge in [-0.2, -0.15) is 0 Å². The highest BCUT2D eigenvalue weighted by molar-refractivity contribution is 7.98. The second-order valence-corrected chi connectivity index (χ2v) is 6.50. The maximum atomic E-state index is 6.43. The molecule has 2 aromatic rings. The van der Waals surface area contributed by atoms with Gasteiger partial charge < -0.3 is 10.3 Å². The molecule has 0 aliphatic carbocycles. The zero-order valence-corrected chi connectivity index (χ0v) is 13.7. The SMILES string of the molecule is CCc1nnc(SCc2c(Cl)ccc3c2CCNCC3)[nH]1. The van der Waals surface area contributed by atoms with Gasteiger partial charge in [0.2, 0.25) is 0 Å². The first-order valence-electron chi connectivity index (χ1n) is 7.32. The Bertz CT molecular complexity index is 626. The van der Waals surface area contributed by atoms with E-state index in [-0.39, 0.29) is 0 Å². The lowest BCUT2D eigenvalue weighted by molar-refractivity contribution is 0.710. The van der Waals surface area contributed by atoms with Crippen molar-refractivity contribution in [1.29, 1.82) is 0 Å². The Hall–Kier alpha value is -1.04. The molecule has 6 heteroatoms. The van der Waals surface area contributed by atoms with E-state index in [4.69, 9.17) is 11.6 Å². The number of hydrogen-bond acceptors (Lipinski definition) is 4. The van der Waals surface area contributed by atoms with Crippen LogP contribution in [0.25, 0.3) is 0 Å². The average molecular weight is 323 g/mol. The number of benzene rings is 1. The summed E-state index contributed by atoms with van der Waals surface area (Å²) in [4.78, 5) is 3.23. The standard InChI is InChI=1S/C15H19ClN4S/c1-2-14-18-15(20-19-14)21-9-12-11-6-8-17-7-5-10(11)3-4-13(12)16/h3-4,17H,2,5-9H2,1H3,(H,18,19,20). The van der Waals surface area contributed by atoms with Gasteiger partial charge in [-0.1, -0.05) is 36.4 Å². The molecule has 2 heterocycles. The minimum absolute atomic E-state index is 0.834.